The summed E-state index contributed by atoms with van der Waals surface area (Å²) in [6.07, 6.45) is 5.26. The van der Waals surface area contributed by atoms with Crippen molar-refractivity contribution in [2.75, 3.05) is 0 Å². The predicted octanol–water partition coefficient (Wildman–Crippen LogP) is 1.12. The van der Waals surface area contributed by atoms with Crippen molar-refractivity contribution in [3.8, 4) is 0 Å². The molecule has 6 N–H and O–H groups in total. The van der Waals surface area contributed by atoms with Crippen LogP contribution in [0.3, 0.4) is 0 Å². The average molecular weight is 435 g/mol. The largest absolute Gasteiger partial charge is 0.370 e. The first kappa shape index (κ1) is 18.4. The van der Waals surface area contributed by atoms with E-state index in [2.05, 4.69) is 20.9 Å². The average Bonchev–Trinajstić information content (AvgIpc) is 3.27. The quantitative estimate of drug-likeness (QED) is 0.576. The van der Waals surface area contributed by atoms with Gasteiger partial charge >= 0.3 is 0 Å². The molecule has 27 heavy (non-hydrogen) atoms. The minimum absolute atomic E-state index is 0.0127. The topological polar surface area (TPSA) is 142 Å². The number of hydrogen-bond acceptors (Lipinski definition) is 4. The van der Waals surface area contributed by atoms with Crippen molar-refractivity contribution >= 4 is 33.7 Å². The molecule has 4 atom stereocenters. The fourth-order valence-electron chi connectivity index (χ4n) is 6.75. The summed E-state index contributed by atoms with van der Waals surface area (Å²) in [5.41, 5.74) is 15.5. The minimum atomic E-state index is -1.26. The second-order valence-corrected chi connectivity index (χ2v) is 9.07. The Morgan fingerprint density at radius 1 is 1.07 bits per heavy atom. The molecule has 8 heteroatoms. The first-order valence-corrected chi connectivity index (χ1v) is 10.0. The third kappa shape index (κ3) is 2.07. The second kappa shape index (κ2) is 5.77. The smallest absolute Gasteiger partial charge is 0.229 e. The van der Waals surface area contributed by atoms with Crippen molar-refractivity contribution in [1.82, 2.24) is 4.98 Å². The lowest BCUT2D eigenvalue weighted by Crippen LogP contribution is -2.63. The molecule has 7 nitrogen and oxygen atoms in total. The molecular weight excluding hydrogens is 412 g/mol. The van der Waals surface area contributed by atoms with Gasteiger partial charge in [0.1, 0.15) is 4.60 Å². The fraction of sp³-hybridized carbons (Fsp3) is 0.579. The van der Waals surface area contributed by atoms with Crippen LogP contribution in [0.5, 0.6) is 0 Å². The van der Waals surface area contributed by atoms with E-state index in [1.807, 2.05) is 0 Å². The lowest BCUT2D eigenvalue weighted by atomic mass is 9.51. The molecule has 1 aromatic heterocycles. The van der Waals surface area contributed by atoms with Crippen molar-refractivity contribution < 1.29 is 14.4 Å². The van der Waals surface area contributed by atoms with Crippen LogP contribution in [-0.2, 0) is 19.8 Å². The van der Waals surface area contributed by atoms with Crippen LogP contribution >= 0.6 is 15.9 Å². The zero-order chi connectivity index (χ0) is 19.6. The SMILES string of the molecule is NC(=O)CC[C@@]1(C(N)=O)[C@@H]2CC[C@@H](C23CC3)[C@@]1(C(N)=O)c1ccc(Br)nc1. The molecule has 1 spiro atoms. The van der Waals surface area contributed by atoms with Crippen LogP contribution in [0.1, 0.15) is 44.1 Å². The first-order chi connectivity index (χ1) is 12.7. The van der Waals surface area contributed by atoms with Crippen LogP contribution in [-0.4, -0.2) is 22.7 Å². The van der Waals surface area contributed by atoms with E-state index in [0.717, 1.165) is 25.7 Å². The predicted molar refractivity (Wildman–Crippen MR) is 101 cm³/mol. The standard InChI is InChI=1S/C19H23BrN4O3/c20-13-4-1-10(9-24-13)19(16(23)27)12-3-2-11(17(12)7-8-17)18(19,15(22)26)6-5-14(21)25/h1,4,9,11-12H,2-3,5-8H2,(H2,21,25)(H2,22,26)(H2,23,27)/t11-,12+,18+,19-/m1/s1. The molecule has 3 saturated carbocycles. The summed E-state index contributed by atoms with van der Waals surface area (Å²) in [7, 11) is 0. The summed E-state index contributed by atoms with van der Waals surface area (Å²) in [4.78, 5) is 42.1. The molecule has 1 heterocycles. The molecule has 4 rings (SSSR count). The molecular formula is C19H23BrN4O3. The summed E-state index contributed by atoms with van der Waals surface area (Å²) >= 11 is 3.31. The van der Waals surface area contributed by atoms with Gasteiger partial charge in [0.25, 0.3) is 0 Å². The van der Waals surface area contributed by atoms with Gasteiger partial charge in [0.15, 0.2) is 0 Å². The molecule has 0 aliphatic heterocycles. The molecule has 3 aliphatic rings. The number of primary amides is 3. The Morgan fingerprint density at radius 3 is 2.22 bits per heavy atom. The monoisotopic (exact) mass is 434 g/mol. The van der Waals surface area contributed by atoms with E-state index in [9.17, 15) is 14.4 Å². The van der Waals surface area contributed by atoms with Gasteiger partial charge in [-0.1, -0.05) is 6.07 Å². The lowest BCUT2D eigenvalue weighted by molar-refractivity contribution is -0.148. The van der Waals surface area contributed by atoms with Crippen molar-refractivity contribution in [1.29, 1.82) is 0 Å². The van der Waals surface area contributed by atoms with Gasteiger partial charge < -0.3 is 17.2 Å². The number of pyridine rings is 1. The second-order valence-electron chi connectivity index (χ2n) is 8.26. The first-order valence-electron chi connectivity index (χ1n) is 9.23. The molecule has 1 aromatic rings. The molecule has 0 aromatic carbocycles. The van der Waals surface area contributed by atoms with Gasteiger partial charge in [-0.2, -0.15) is 0 Å². The Morgan fingerprint density at radius 2 is 1.74 bits per heavy atom. The van der Waals surface area contributed by atoms with Gasteiger partial charge in [0, 0.05) is 12.6 Å². The maximum absolute atomic E-state index is 13.1. The summed E-state index contributed by atoms with van der Waals surface area (Å²) in [6.45, 7) is 0. The Kier molecular flexibility index (Phi) is 3.93. The van der Waals surface area contributed by atoms with E-state index in [4.69, 9.17) is 17.2 Å². The molecule has 3 amide bonds. The van der Waals surface area contributed by atoms with Gasteiger partial charge in [-0.3, -0.25) is 14.4 Å². The number of rotatable bonds is 6. The number of halogens is 1. The van der Waals surface area contributed by atoms with Crippen LogP contribution in [0, 0.1) is 22.7 Å². The highest BCUT2D eigenvalue weighted by molar-refractivity contribution is 9.10. The molecule has 0 saturated heterocycles. The van der Waals surface area contributed by atoms with Gasteiger partial charge in [-0.15, -0.1) is 0 Å². The lowest BCUT2D eigenvalue weighted by Gasteiger charge is -2.49. The number of carbonyl (C=O) groups excluding carboxylic acids is 3. The Hall–Kier alpha value is -1.96. The number of nitrogens with zero attached hydrogens (tertiary/aromatic N) is 1. The van der Waals surface area contributed by atoms with E-state index >= 15 is 0 Å². The van der Waals surface area contributed by atoms with Crippen molar-refractivity contribution in [3.63, 3.8) is 0 Å². The Bertz CT molecular complexity index is 838. The number of hydrogen-bond donors (Lipinski definition) is 3. The minimum Gasteiger partial charge on any atom is -0.370 e. The van der Waals surface area contributed by atoms with Gasteiger partial charge in [0.2, 0.25) is 17.7 Å². The molecule has 0 unspecified atom stereocenters. The van der Waals surface area contributed by atoms with Crippen LogP contribution in [0.2, 0.25) is 0 Å². The Labute approximate surface area is 165 Å². The highest BCUT2D eigenvalue weighted by atomic mass is 79.9. The molecule has 144 valence electrons. The van der Waals surface area contributed by atoms with Crippen LogP contribution in [0.15, 0.2) is 22.9 Å². The normalized spacial score (nSPS) is 35.3. The van der Waals surface area contributed by atoms with Gasteiger partial charge in [-0.05, 0) is 76.9 Å². The van der Waals surface area contributed by atoms with E-state index in [-0.39, 0.29) is 30.1 Å². The van der Waals surface area contributed by atoms with Crippen LogP contribution in [0.25, 0.3) is 0 Å². The third-order valence-electron chi connectivity index (χ3n) is 7.56. The molecule has 3 fully saturated rings. The maximum Gasteiger partial charge on any atom is 0.229 e. The number of nitrogens with two attached hydrogens (primary N) is 3. The molecule has 0 radical (unpaired) electrons. The van der Waals surface area contributed by atoms with Crippen LogP contribution in [0.4, 0.5) is 0 Å². The van der Waals surface area contributed by atoms with Crippen molar-refractivity contribution in [2.24, 2.45) is 39.9 Å². The Balaban J connectivity index is 2.00. The third-order valence-corrected chi connectivity index (χ3v) is 8.03. The number of aromatic nitrogens is 1. The zero-order valence-electron chi connectivity index (χ0n) is 14.9. The fourth-order valence-corrected chi connectivity index (χ4v) is 6.98. The van der Waals surface area contributed by atoms with Gasteiger partial charge in [-0.25, -0.2) is 4.98 Å². The molecule has 3 aliphatic carbocycles. The summed E-state index contributed by atoms with van der Waals surface area (Å²) in [6, 6.07) is 3.53. The summed E-state index contributed by atoms with van der Waals surface area (Å²) < 4.78 is 0.622. The van der Waals surface area contributed by atoms with Crippen LogP contribution < -0.4 is 17.2 Å². The van der Waals surface area contributed by atoms with E-state index in [1.165, 1.54) is 0 Å². The maximum atomic E-state index is 13.1. The van der Waals surface area contributed by atoms with E-state index < -0.39 is 28.6 Å². The van der Waals surface area contributed by atoms with Crippen molar-refractivity contribution in [2.45, 2.75) is 43.9 Å². The van der Waals surface area contributed by atoms with E-state index in [0.29, 0.717) is 10.2 Å². The summed E-state index contributed by atoms with van der Waals surface area (Å²) in [5, 5.41) is 0. The highest BCUT2D eigenvalue weighted by Gasteiger charge is 2.83. The zero-order valence-corrected chi connectivity index (χ0v) is 16.5. The summed E-state index contributed by atoms with van der Waals surface area (Å²) in [5.74, 6) is -1.79. The number of amides is 3. The van der Waals surface area contributed by atoms with Crippen molar-refractivity contribution in [3.05, 3.63) is 28.5 Å². The number of carbonyl (C=O) groups is 3. The van der Waals surface area contributed by atoms with Gasteiger partial charge in [0.05, 0.1) is 10.8 Å². The molecule has 2 bridgehead atoms. The highest BCUT2D eigenvalue weighted by Crippen LogP contribution is 2.82. The van der Waals surface area contributed by atoms with E-state index in [1.54, 1.807) is 18.3 Å².